The van der Waals surface area contributed by atoms with Gasteiger partial charge in [-0.3, -0.25) is 14.9 Å². The molecule has 3 atom stereocenters. The molecule has 242 valence electrons. The summed E-state index contributed by atoms with van der Waals surface area (Å²) in [5.41, 5.74) is 0.0404. The van der Waals surface area contributed by atoms with Crippen molar-refractivity contribution in [3.8, 4) is 5.75 Å². The van der Waals surface area contributed by atoms with Gasteiger partial charge in [-0.05, 0) is 86.5 Å². The van der Waals surface area contributed by atoms with Crippen LogP contribution in [0, 0.1) is 33.8 Å². The first kappa shape index (κ1) is 30.1. The standard InChI is InChI=1S/C34H38N4O8/c1-34(16-23-17-35-28-5-3-2-4-27(23)28,36-33(42)46-30-21-11-19-10-20(13-21)14-22(30)12-19)32(41)37-18-26(15-29(37)31(39)40)45-25-8-6-24(7-9-25)38(43)44/h2-9,17,19-22,26,29-30,35H,10-16,18H2,1H3,(H,36,42)(H,39,40)/t19?,20?,21?,22?,26-,29-,30?,34-/m1/s1. The molecule has 1 aromatic heterocycles. The number of nitrogens with one attached hydrogen (secondary N) is 2. The maximum Gasteiger partial charge on any atom is 0.408 e. The molecule has 2 heterocycles. The van der Waals surface area contributed by atoms with Crippen molar-refractivity contribution < 1.29 is 33.9 Å². The fourth-order valence-electron chi connectivity index (χ4n) is 8.78. The van der Waals surface area contributed by atoms with Crippen molar-refractivity contribution in [1.29, 1.82) is 0 Å². The number of likely N-dealkylation sites (tertiary alicyclic amines) is 1. The van der Waals surface area contributed by atoms with E-state index < -0.39 is 40.6 Å². The summed E-state index contributed by atoms with van der Waals surface area (Å²) in [5.74, 6) is 0.685. The van der Waals surface area contributed by atoms with Crippen LogP contribution in [0.15, 0.2) is 54.7 Å². The number of nitro groups is 1. The van der Waals surface area contributed by atoms with Crippen molar-refractivity contribution in [2.45, 2.75) is 75.7 Å². The Morgan fingerprint density at radius 3 is 2.35 bits per heavy atom. The van der Waals surface area contributed by atoms with Gasteiger partial charge in [0.2, 0.25) is 5.91 Å². The van der Waals surface area contributed by atoms with E-state index in [1.807, 2.05) is 24.3 Å². The van der Waals surface area contributed by atoms with Crippen LogP contribution in [0.5, 0.6) is 5.75 Å². The van der Waals surface area contributed by atoms with Crippen LogP contribution < -0.4 is 10.1 Å². The van der Waals surface area contributed by atoms with Crippen molar-refractivity contribution in [1.82, 2.24) is 15.2 Å². The second kappa shape index (κ2) is 11.6. The van der Waals surface area contributed by atoms with Crippen molar-refractivity contribution in [2.24, 2.45) is 23.7 Å². The lowest BCUT2D eigenvalue weighted by atomic mass is 9.55. The molecule has 4 aliphatic carbocycles. The molecule has 0 radical (unpaired) electrons. The summed E-state index contributed by atoms with van der Waals surface area (Å²) < 4.78 is 12.1. The third-order valence-electron chi connectivity index (χ3n) is 10.6. The number of carbonyl (C=O) groups is 3. The lowest BCUT2D eigenvalue weighted by Gasteiger charge is -2.53. The number of amides is 2. The van der Waals surface area contributed by atoms with Crippen molar-refractivity contribution in [2.75, 3.05) is 6.54 Å². The molecule has 5 fully saturated rings. The normalized spacial score (nSPS) is 29.3. The molecule has 3 aromatic rings. The number of rotatable bonds is 9. The highest BCUT2D eigenvalue weighted by Gasteiger charge is 2.52. The molecule has 3 N–H and O–H groups in total. The number of benzene rings is 2. The molecule has 5 aliphatic rings. The number of non-ortho nitro benzene ring substituents is 1. The Kier molecular flexibility index (Phi) is 7.60. The van der Waals surface area contributed by atoms with Gasteiger partial charge in [-0.25, -0.2) is 9.59 Å². The zero-order chi connectivity index (χ0) is 32.2. The lowest BCUT2D eigenvalue weighted by Crippen LogP contribution is -2.61. The molecule has 8 rings (SSSR count). The minimum Gasteiger partial charge on any atom is -0.488 e. The van der Waals surface area contributed by atoms with Gasteiger partial charge in [-0.15, -0.1) is 0 Å². The molecule has 4 bridgehead atoms. The average Bonchev–Trinajstić information content (AvgIpc) is 3.63. The third-order valence-corrected chi connectivity index (χ3v) is 10.6. The van der Waals surface area contributed by atoms with Gasteiger partial charge in [-0.2, -0.15) is 0 Å². The Bertz CT molecular complexity index is 1640. The molecule has 2 aromatic carbocycles. The number of alkyl carbamates (subject to hydrolysis) is 1. The Labute approximate surface area is 265 Å². The van der Waals surface area contributed by atoms with E-state index >= 15 is 0 Å². The van der Waals surface area contributed by atoms with E-state index in [2.05, 4.69) is 10.3 Å². The Balaban J connectivity index is 1.13. The second-order valence-corrected chi connectivity index (χ2v) is 13.8. The molecule has 0 unspecified atom stereocenters. The maximum atomic E-state index is 14.5. The summed E-state index contributed by atoms with van der Waals surface area (Å²) in [4.78, 5) is 55.6. The summed E-state index contributed by atoms with van der Waals surface area (Å²) in [6.45, 7) is 1.58. The zero-order valence-corrected chi connectivity index (χ0v) is 25.6. The van der Waals surface area contributed by atoms with Crippen LogP contribution in [0.1, 0.15) is 51.0 Å². The van der Waals surface area contributed by atoms with Gasteiger partial charge < -0.3 is 29.8 Å². The smallest absolute Gasteiger partial charge is 0.408 e. The topological polar surface area (TPSA) is 164 Å². The number of carboxylic acids is 1. The number of aliphatic carboxylic acids is 1. The van der Waals surface area contributed by atoms with E-state index in [0.717, 1.165) is 42.1 Å². The first-order chi connectivity index (χ1) is 22.1. The zero-order valence-electron chi connectivity index (χ0n) is 25.6. The number of carboxylic acid groups (broad SMARTS) is 1. The molecular weight excluding hydrogens is 592 g/mol. The predicted molar refractivity (Wildman–Crippen MR) is 166 cm³/mol. The van der Waals surface area contributed by atoms with Gasteiger partial charge in [-0.1, -0.05) is 18.2 Å². The van der Waals surface area contributed by atoms with Gasteiger partial charge in [0.25, 0.3) is 5.69 Å². The van der Waals surface area contributed by atoms with Gasteiger partial charge in [0.1, 0.15) is 29.5 Å². The molecule has 0 spiro atoms. The van der Waals surface area contributed by atoms with E-state index in [4.69, 9.17) is 9.47 Å². The van der Waals surface area contributed by atoms with Crippen LogP contribution in [-0.2, 0) is 20.7 Å². The van der Waals surface area contributed by atoms with Crippen molar-refractivity contribution >= 4 is 34.6 Å². The van der Waals surface area contributed by atoms with Crippen LogP contribution in [0.3, 0.4) is 0 Å². The SMILES string of the molecule is C[C@](Cc1c[nH]c2ccccc12)(NC(=O)OC1C2CC3CC(C2)CC1C3)C(=O)N1C[C@H](Oc2ccc([N+](=O)[O-])cc2)C[C@@H]1C(=O)O. The van der Waals surface area contributed by atoms with Crippen LogP contribution >= 0.6 is 0 Å². The summed E-state index contributed by atoms with van der Waals surface area (Å²) in [7, 11) is 0. The minimum absolute atomic E-state index is 0.0133. The number of carbonyl (C=O) groups excluding carboxylic acids is 2. The highest BCUT2D eigenvalue weighted by Crippen LogP contribution is 2.54. The highest BCUT2D eigenvalue weighted by atomic mass is 16.6. The van der Waals surface area contributed by atoms with E-state index in [9.17, 15) is 29.6 Å². The summed E-state index contributed by atoms with van der Waals surface area (Å²) in [5, 5.41) is 25.0. The first-order valence-electron chi connectivity index (χ1n) is 16.0. The molecule has 46 heavy (non-hydrogen) atoms. The van der Waals surface area contributed by atoms with E-state index in [-0.39, 0.29) is 31.2 Å². The molecule has 2 amide bonds. The largest absolute Gasteiger partial charge is 0.488 e. The predicted octanol–water partition coefficient (Wildman–Crippen LogP) is 5.06. The van der Waals surface area contributed by atoms with Crippen molar-refractivity contribution in [3.05, 3.63) is 70.4 Å². The lowest BCUT2D eigenvalue weighted by molar-refractivity contribution is -0.384. The van der Waals surface area contributed by atoms with Gasteiger partial charge in [0, 0.05) is 42.1 Å². The summed E-state index contributed by atoms with van der Waals surface area (Å²) >= 11 is 0. The van der Waals surface area contributed by atoms with E-state index in [0.29, 0.717) is 29.4 Å². The number of nitro benzene ring substituents is 1. The fourth-order valence-corrected chi connectivity index (χ4v) is 8.78. The van der Waals surface area contributed by atoms with Gasteiger partial charge in [0.15, 0.2) is 0 Å². The van der Waals surface area contributed by atoms with Crippen molar-refractivity contribution in [3.63, 3.8) is 0 Å². The maximum absolute atomic E-state index is 14.5. The quantitative estimate of drug-likeness (QED) is 0.218. The Hall–Kier alpha value is -4.61. The molecular formula is C34H38N4O8. The molecule has 4 saturated carbocycles. The Morgan fingerprint density at radius 2 is 1.70 bits per heavy atom. The van der Waals surface area contributed by atoms with E-state index in [1.165, 1.54) is 35.6 Å². The van der Waals surface area contributed by atoms with Crippen LogP contribution in [0.25, 0.3) is 10.9 Å². The number of nitrogens with zero attached hydrogens (tertiary/aromatic N) is 2. The molecule has 12 heteroatoms. The number of ether oxygens (including phenoxy) is 2. The number of hydrogen-bond donors (Lipinski definition) is 3. The number of aromatic nitrogens is 1. The first-order valence-corrected chi connectivity index (χ1v) is 16.0. The van der Waals surface area contributed by atoms with Gasteiger partial charge >= 0.3 is 12.1 Å². The molecule has 12 nitrogen and oxygen atoms in total. The monoisotopic (exact) mass is 630 g/mol. The van der Waals surface area contributed by atoms with Gasteiger partial charge in [0.05, 0.1) is 11.5 Å². The van der Waals surface area contributed by atoms with Crippen LogP contribution in [-0.4, -0.2) is 68.2 Å². The average molecular weight is 631 g/mol. The molecule has 1 aliphatic heterocycles. The number of aromatic amines is 1. The fraction of sp³-hybridized carbons (Fsp3) is 0.500. The van der Waals surface area contributed by atoms with E-state index in [1.54, 1.807) is 13.1 Å². The van der Waals surface area contributed by atoms with Crippen LogP contribution in [0.4, 0.5) is 10.5 Å². The number of hydrogen-bond acceptors (Lipinski definition) is 7. The number of H-pyrrole nitrogens is 1. The molecule has 1 saturated heterocycles. The Morgan fingerprint density at radius 1 is 1.02 bits per heavy atom. The third kappa shape index (κ3) is 5.65. The minimum atomic E-state index is -1.54. The number of fused-ring (bicyclic) bond motifs is 1. The highest BCUT2D eigenvalue weighted by molar-refractivity contribution is 5.94. The van der Waals surface area contributed by atoms with Crippen LogP contribution in [0.2, 0.25) is 0 Å². The summed E-state index contributed by atoms with van der Waals surface area (Å²) in [6, 6.07) is 12.0. The second-order valence-electron chi connectivity index (χ2n) is 13.8. The number of para-hydroxylation sites is 1. The summed E-state index contributed by atoms with van der Waals surface area (Å²) in [6.07, 6.45) is 5.95.